The Morgan fingerprint density at radius 1 is 1.03 bits per heavy atom. The Kier molecular flexibility index (Phi) is 8.05. The molecule has 3 aromatic rings. The molecule has 0 atom stereocenters. The normalized spacial score (nSPS) is 21.2. The van der Waals surface area contributed by atoms with Crippen LogP contribution in [0.1, 0.15) is 42.7 Å². The number of aromatic nitrogens is 2. The molecule has 2 fully saturated rings. The Morgan fingerprint density at radius 2 is 1.79 bits per heavy atom. The summed E-state index contributed by atoms with van der Waals surface area (Å²) in [5.74, 6) is 1.97. The van der Waals surface area contributed by atoms with Crippen LogP contribution in [0.15, 0.2) is 30.6 Å². The van der Waals surface area contributed by atoms with Gasteiger partial charge in [-0.05, 0) is 57.0 Å². The Morgan fingerprint density at radius 3 is 2.56 bits per heavy atom. The number of fused-ring (bicyclic) bond motifs is 3. The molecule has 9 heteroatoms. The van der Waals surface area contributed by atoms with E-state index in [4.69, 9.17) is 9.47 Å². The van der Waals surface area contributed by atoms with Crippen molar-refractivity contribution in [2.45, 2.75) is 57.9 Å². The van der Waals surface area contributed by atoms with Gasteiger partial charge >= 0.3 is 0 Å². The lowest BCUT2D eigenvalue weighted by Crippen LogP contribution is -2.45. The van der Waals surface area contributed by atoms with Crippen molar-refractivity contribution in [2.24, 2.45) is 0 Å². The van der Waals surface area contributed by atoms with Crippen LogP contribution < -0.4 is 10.1 Å². The predicted octanol–water partition coefficient (Wildman–Crippen LogP) is 4.25. The van der Waals surface area contributed by atoms with E-state index in [-0.39, 0.29) is 5.60 Å². The van der Waals surface area contributed by atoms with Gasteiger partial charge in [0.15, 0.2) is 0 Å². The Bertz CT molecular complexity index is 1250. The summed E-state index contributed by atoms with van der Waals surface area (Å²) in [5, 5.41) is 5.00. The predicted molar refractivity (Wildman–Crippen MR) is 158 cm³/mol. The minimum absolute atomic E-state index is 0.144. The number of likely N-dealkylation sites (tertiary alicyclic amines) is 1. The van der Waals surface area contributed by atoms with Gasteiger partial charge in [0.2, 0.25) is 0 Å². The van der Waals surface area contributed by atoms with Gasteiger partial charge in [0, 0.05) is 69.7 Å². The third kappa shape index (κ3) is 6.55. The van der Waals surface area contributed by atoms with E-state index in [9.17, 15) is 0 Å². The third-order valence-electron chi connectivity index (χ3n) is 8.40. The van der Waals surface area contributed by atoms with Crippen molar-refractivity contribution in [1.29, 1.82) is 0 Å². The number of ether oxygens (including phenoxy) is 2. The molecule has 0 spiro atoms. The molecule has 0 radical (unpaired) electrons. The van der Waals surface area contributed by atoms with E-state index < -0.39 is 0 Å². The maximum atomic E-state index is 6.05. The van der Waals surface area contributed by atoms with E-state index in [2.05, 4.69) is 75.1 Å². The number of rotatable bonds is 8. The minimum Gasteiger partial charge on any atom is -0.492 e. The number of likely N-dealkylation sites (N-methyl/N-ethyl adjacent to an activating group) is 1. The first kappa shape index (κ1) is 26.9. The first-order valence-corrected chi connectivity index (χ1v) is 15.2. The van der Waals surface area contributed by atoms with Crippen molar-refractivity contribution in [2.75, 3.05) is 64.8 Å². The lowest BCUT2D eigenvalue weighted by molar-refractivity contribution is -0.0379. The molecule has 0 aliphatic carbocycles. The van der Waals surface area contributed by atoms with Crippen LogP contribution in [0.25, 0.3) is 10.2 Å². The average molecular weight is 551 g/mol. The van der Waals surface area contributed by atoms with Crippen LogP contribution in [-0.2, 0) is 24.3 Å². The molecule has 2 aromatic heterocycles. The highest BCUT2D eigenvalue weighted by atomic mass is 32.1. The highest BCUT2D eigenvalue weighted by Crippen LogP contribution is 2.40. The zero-order valence-corrected chi connectivity index (χ0v) is 24.4. The molecular formula is C30H42N6O2S. The van der Waals surface area contributed by atoms with Crippen molar-refractivity contribution in [3.05, 3.63) is 46.6 Å². The third-order valence-corrected chi connectivity index (χ3v) is 9.51. The number of thiophene rings is 1. The molecule has 1 aromatic carbocycles. The summed E-state index contributed by atoms with van der Waals surface area (Å²) in [5.41, 5.74) is 2.58. The lowest BCUT2D eigenvalue weighted by atomic mass is 9.94. The van der Waals surface area contributed by atoms with Crippen LogP contribution in [0.2, 0.25) is 0 Å². The lowest BCUT2D eigenvalue weighted by Gasteiger charge is -2.33. The number of hydrogen-bond acceptors (Lipinski definition) is 9. The van der Waals surface area contributed by atoms with E-state index in [0.29, 0.717) is 12.6 Å². The van der Waals surface area contributed by atoms with Gasteiger partial charge in [-0.1, -0.05) is 12.1 Å². The van der Waals surface area contributed by atoms with Crippen LogP contribution in [0.5, 0.6) is 5.75 Å². The summed E-state index contributed by atoms with van der Waals surface area (Å²) in [4.78, 5) is 19.1. The number of nitrogens with zero attached hydrogens (tertiary/aromatic N) is 5. The zero-order chi connectivity index (χ0) is 26.8. The topological polar surface area (TPSA) is 66.0 Å². The van der Waals surface area contributed by atoms with E-state index in [1.165, 1.54) is 21.4 Å². The number of anilines is 1. The Labute approximate surface area is 236 Å². The van der Waals surface area contributed by atoms with Gasteiger partial charge < -0.3 is 19.7 Å². The van der Waals surface area contributed by atoms with Crippen molar-refractivity contribution < 1.29 is 9.47 Å². The fraction of sp³-hybridized carbons (Fsp3) is 0.600. The van der Waals surface area contributed by atoms with E-state index >= 15 is 0 Å². The summed E-state index contributed by atoms with van der Waals surface area (Å²) in [6, 6.07) is 9.12. The highest BCUT2D eigenvalue weighted by molar-refractivity contribution is 7.18. The van der Waals surface area contributed by atoms with Crippen LogP contribution in [0.3, 0.4) is 0 Å². The molecule has 6 rings (SSSR count). The van der Waals surface area contributed by atoms with E-state index in [1.54, 1.807) is 17.7 Å². The van der Waals surface area contributed by atoms with E-state index in [1.807, 2.05) is 0 Å². The monoisotopic (exact) mass is 550 g/mol. The number of nitrogens with one attached hydrogen (secondary N) is 1. The molecular weight excluding hydrogens is 508 g/mol. The minimum atomic E-state index is -0.144. The second-order valence-electron chi connectivity index (χ2n) is 12.0. The van der Waals surface area contributed by atoms with Gasteiger partial charge in [-0.25, -0.2) is 9.97 Å². The molecule has 3 aliphatic heterocycles. The molecule has 5 heterocycles. The van der Waals surface area contributed by atoms with Crippen LogP contribution in [0, 0.1) is 0 Å². The first-order chi connectivity index (χ1) is 18.9. The van der Waals surface area contributed by atoms with Gasteiger partial charge in [-0.3, -0.25) is 9.80 Å². The van der Waals surface area contributed by atoms with Crippen molar-refractivity contribution in [3.8, 4) is 5.75 Å². The second-order valence-corrected chi connectivity index (χ2v) is 13.0. The molecule has 3 aliphatic rings. The summed E-state index contributed by atoms with van der Waals surface area (Å²) >= 11 is 1.75. The van der Waals surface area contributed by atoms with Crippen LogP contribution in [-0.4, -0.2) is 95.8 Å². The fourth-order valence-corrected chi connectivity index (χ4v) is 7.00. The second kappa shape index (κ2) is 11.7. The molecule has 8 nitrogen and oxygen atoms in total. The first-order valence-electron chi connectivity index (χ1n) is 14.4. The molecule has 2 saturated heterocycles. The summed E-state index contributed by atoms with van der Waals surface area (Å²) in [6.45, 7) is 14.5. The van der Waals surface area contributed by atoms with Crippen molar-refractivity contribution >= 4 is 27.4 Å². The number of piperidine rings is 1. The smallest absolute Gasteiger partial charge is 0.138 e. The van der Waals surface area contributed by atoms with Gasteiger partial charge in [0.25, 0.3) is 0 Å². The number of benzene rings is 1. The summed E-state index contributed by atoms with van der Waals surface area (Å²) in [6.07, 6.45) is 4.83. The maximum absolute atomic E-state index is 6.05. The van der Waals surface area contributed by atoms with Crippen LogP contribution >= 0.6 is 11.3 Å². The van der Waals surface area contributed by atoms with Crippen molar-refractivity contribution in [3.63, 3.8) is 0 Å². The van der Waals surface area contributed by atoms with Crippen molar-refractivity contribution in [1.82, 2.24) is 24.7 Å². The number of piperazine rings is 1. The van der Waals surface area contributed by atoms with Gasteiger partial charge in [0.05, 0.1) is 17.6 Å². The fourth-order valence-electron chi connectivity index (χ4n) is 5.93. The molecule has 1 N–H and O–H groups in total. The summed E-state index contributed by atoms with van der Waals surface area (Å²) in [7, 11) is 2.19. The largest absolute Gasteiger partial charge is 0.492 e. The van der Waals surface area contributed by atoms with Gasteiger partial charge in [-0.2, -0.15) is 0 Å². The maximum Gasteiger partial charge on any atom is 0.138 e. The quantitative estimate of drug-likeness (QED) is 0.447. The molecule has 0 saturated carbocycles. The van der Waals surface area contributed by atoms with Crippen LogP contribution in [0.4, 0.5) is 5.82 Å². The Balaban J connectivity index is 0.980. The molecule has 0 bridgehead atoms. The Hall–Kier alpha value is -2.30. The molecule has 0 amide bonds. The SMILES string of the molecule is CN1CCN(CCOc2ccc(CN3CCC(Nc4ncnc5sc6c(c45)CC(C)(C)OC6)CC3)cc2)CC1. The molecule has 39 heavy (non-hydrogen) atoms. The zero-order valence-electron chi connectivity index (χ0n) is 23.6. The standard InChI is InChI=1S/C30H42N6O2S/c1-30(2)18-25-26(20-38-30)39-29-27(25)28(31-21-32-29)33-23-8-10-36(11-9-23)19-22-4-6-24(7-5-22)37-17-16-35-14-12-34(3)13-15-35/h4-7,21,23H,8-20H2,1-3H3,(H,31,32,33). The van der Waals surface area contributed by atoms with Gasteiger partial charge in [0.1, 0.15) is 29.3 Å². The van der Waals surface area contributed by atoms with E-state index in [0.717, 1.165) is 94.6 Å². The molecule has 210 valence electrons. The molecule has 0 unspecified atom stereocenters. The highest BCUT2D eigenvalue weighted by Gasteiger charge is 2.31. The number of hydrogen-bond donors (Lipinski definition) is 1. The average Bonchev–Trinajstić information content (AvgIpc) is 3.29. The summed E-state index contributed by atoms with van der Waals surface area (Å²) < 4.78 is 12.1. The van der Waals surface area contributed by atoms with Gasteiger partial charge in [-0.15, -0.1) is 11.3 Å².